The molecule has 2 rings (SSSR count). The third kappa shape index (κ3) is 8.01. The Labute approximate surface area is 171 Å². The molecule has 0 aliphatic heterocycles. The largest absolute Gasteiger partial charge is 0.493 e. The van der Waals surface area contributed by atoms with E-state index in [-0.39, 0.29) is 49.8 Å². The lowest BCUT2D eigenvalue weighted by molar-refractivity contribution is -0.118. The second kappa shape index (κ2) is 13.2. The standard InChI is InChI=1S/C18H23N3O4.2ClH/c1-23-15(10-19)9-18(22)21-14-5-6-16(24-2)17(8-14)25-12-13-4-3-7-20-11-13;;/h3-8,11,15H,9-10,12,19H2,1-2H3,(H,21,22);2*1H. The van der Waals surface area contributed by atoms with E-state index >= 15 is 0 Å². The lowest BCUT2D eigenvalue weighted by Gasteiger charge is -2.15. The third-order valence-corrected chi connectivity index (χ3v) is 3.57. The molecule has 0 aliphatic rings. The Morgan fingerprint density at radius 2 is 2.00 bits per heavy atom. The summed E-state index contributed by atoms with van der Waals surface area (Å²) in [5, 5.41) is 2.81. The summed E-state index contributed by atoms with van der Waals surface area (Å²) in [5.41, 5.74) is 7.08. The van der Waals surface area contributed by atoms with Crippen molar-refractivity contribution in [3.63, 3.8) is 0 Å². The molecule has 27 heavy (non-hydrogen) atoms. The number of hydrogen-bond acceptors (Lipinski definition) is 6. The molecule has 1 heterocycles. The lowest BCUT2D eigenvalue weighted by Crippen LogP contribution is -2.28. The molecule has 3 N–H and O–H groups in total. The number of nitrogens with two attached hydrogens (primary N) is 1. The fraction of sp³-hybridized carbons (Fsp3) is 0.333. The average molecular weight is 418 g/mol. The number of halogens is 2. The second-order valence-corrected chi connectivity index (χ2v) is 5.36. The number of nitrogens with zero attached hydrogens (tertiary/aromatic N) is 1. The highest BCUT2D eigenvalue weighted by Crippen LogP contribution is 2.31. The number of methoxy groups -OCH3 is 2. The number of benzene rings is 1. The minimum Gasteiger partial charge on any atom is -0.493 e. The fourth-order valence-electron chi connectivity index (χ4n) is 2.19. The van der Waals surface area contributed by atoms with Crippen LogP contribution < -0.4 is 20.5 Å². The summed E-state index contributed by atoms with van der Waals surface area (Å²) >= 11 is 0. The Kier molecular flexibility index (Phi) is 12.2. The highest BCUT2D eigenvalue weighted by molar-refractivity contribution is 5.91. The maximum absolute atomic E-state index is 12.1. The van der Waals surface area contributed by atoms with Crippen molar-refractivity contribution in [2.75, 3.05) is 26.1 Å². The molecule has 1 amide bonds. The van der Waals surface area contributed by atoms with Gasteiger partial charge >= 0.3 is 0 Å². The van der Waals surface area contributed by atoms with Gasteiger partial charge in [0.2, 0.25) is 5.91 Å². The van der Waals surface area contributed by atoms with E-state index in [2.05, 4.69) is 10.3 Å². The van der Waals surface area contributed by atoms with Gasteiger partial charge in [-0.3, -0.25) is 9.78 Å². The van der Waals surface area contributed by atoms with Crippen LogP contribution in [-0.2, 0) is 16.1 Å². The van der Waals surface area contributed by atoms with Crippen molar-refractivity contribution < 1.29 is 19.0 Å². The molecular formula is C18H25Cl2N3O4. The summed E-state index contributed by atoms with van der Waals surface area (Å²) in [6.07, 6.45) is 3.31. The van der Waals surface area contributed by atoms with E-state index in [9.17, 15) is 4.79 Å². The summed E-state index contributed by atoms with van der Waals surface area (Å²) in [6.45, 7) is 0.631. The van der Waals surface area contributed by atoms with Gasteiger partial charge in [-0.25, -0.2) is 0 Å². The third-order valence-electron chi connectivity index (χ3n) is 3.57. The molecular weight excluding hydrogens is 393 g/mol. The van der Waals surface area contributed by atoms with Crippen molar-refractivity contribution in [1.29, 1.82) is 0 Å². The van der Waals surface area contributed by atoms with Crippen molar-refractivity contribution in [1.82, 2.24) is 4.98 Å². The van der Waals surface area contributed by atoms with Gasteiger partial charge in [0.25, 0.3) is 0 Å². The Balaban J connectivity index is 0.00000338. The molecule has 0 spiro atoms. The van der Waals surface area contributed by atoms with E-state index < -0.39 is 0 Å². The van der Waals surface area contributed by atoms with Crippen LogP contribution in [0.5, 0.6) is 11.5 Å². The van der Waals surface area contributed by atoms with Crippen LogP contribution in [0.4, 0.5) is 5.69 Å². The van der Waals surface area contributed by atoms with Crippen LogP contribution in [0.1, 0.15) is 12.0 Å². The minimum atomic E-state index is -0.306. The maximum atomic E-state index is 12.1. The van der Waals surface area contributed by atoms with Crippen molar-refractivity contribution >= 4 is 36.4 Å². The SMILES string of the molecule is COc1ccc(NC(=O)CC(CN)OC)cc1OCc1cccnc1.Cl.Cl. The molecule has 0 fully saturated rings. The fourth-order valence-corrected chi connectivity index (χ4v) is 2.19. The second-order valence-electron chi connectivity index (χ2n) is 5.36. The summed E-state index contributed by atoms with van der Waals surface area (Å²) in [5.74, 6) is 0.936. The normalized spacial score (nSPS) is 10.8. The number of carbonyl (C=O) groups is 1. The summed E-state index contributed by atoms with van der Waals surface area (Å²) in [7, 11) is 3.09. The highest BCUT2D eigenvalue weighted by Gasteiger charge is 2.13. The van der Waals surface area contributed by atoms with Gasteiger partial charge in [0.1, 0.15) is 6.61 Å². The topological polar surface area (TPSA) is 95.7 Å². The zero-order valence-corrected chi connectivity index (χ0v) is 16.8. The predicted molar refractivity (Wildman–Crippen MR) is 109 cm³/mol. The molecule has 1 unspecified atom stereocenters. The number of amides is 1. The summed E-state index contributed by atoms with van der Waals surface area (Å²) in [6, 6.07) is 8.97. The van der Waals surface area contributed by atoms with E-state index in [0.717, 1.165) is 5.56 Å². The zero-order chi connectivity index (χ0) is 18.1. The molecule has 0 radical (unpaired) electrons. The molecule has 150 valence electrons. The van der Waals surface area contributed by atoms with Crippen LogP contribution in [-0.4, -0.2) is 37.8 Å². The first-order chi connectivity index (χ1) is 12.2. The number of aromatic nitrogens is 1. The number of hydrogen-bond donors (Lipinski definition) is 2. The van der Waals surface area contributed by atoms with E-state index in [1.807, 2.05) is 12.1 Å². The Hall–Kier alpha value is -2.06. The molecule has 1 aromatic heterocycles. The number of rotatable bonds is 9. The molecule has 0 saturated carbocycles. The van der Waals surface area contributed by atoms with Gasteiger partial charge in [-0.15, -0.1) is 24.8 Å². The van der Waals surface area contributed by atoms with Gasteiger partial charge in [-0.2, -0.15) is 0 Å². The Morgan fingerprint density at radius 1 is 1.22 bits per heavy atom. The molecule has 7 nitrogen and oxygen atoms in total. The van der Waals surface area contributed by atoms with Crippen molar-refractivity contribution in [3.8, 4) is 11.5 Å². The van der Waals surface area contributed by atoms with E-state index in [1.165, 1.54) is 7.11 Å². The van der Waals surface area contributed by atoms with Gasteiger partial charge in [-0.05, 0) is 18.2 Å². The average Bonchev–Trinajstić information content (AvgIpc) is 2.65. The van der Waals surface area contributed by atoms with E-state index in [0.29, 0.717) is 23.8 Å². The van der Waals surface area contributed by atoms with Crippen molar-refractivity contribution in [2.24, 2.45) is 5.73 Å². The first-order valence-electron chi connectivity index (χ1n) is 7.88. The van der Waals surface area contributed by atoms with E-state index in [1.54, 1.807) is 37.7 Å². The molecule has 0 bridgehead atoms. The van der Waals surface area contributed by atoms with Gasteiger partial charge in [0, 0.05) is 43.4 Å². The minimum absolute atomic E-state index is 0. The van der Waals surface area contributed by atoms with Gasteiger partial charge in [0.15, 0.2) is 11.5 Å². The number of ether oxygens (including phenoxy) is 3. The van der Waals surface area contributed by atoms with Crippen LogP contribution in [0.3, 0.4) is 0 Å². The smallest absolute Gasteiger partial charge is 0.227 e. The van der Waals surface area contributed by atoms with Crippen LogP contribution in [0.25, 0.3) is 0 Å². The number of nitrogens with one attached hydrogen (secondary N) is 1. The molecule has 0 saturated heterocycles. The highest BCUT2D eigenvalue weighted by atomic mass is 35.5. The van der Waals surface area contributed by atoms with Crippen LogP contribution in [0, 0.1) is 0 Å². The molecule has 2 aromatic rings. The monoisotopic (exact) mass is 417 g/mol. The number of carbonyl (C=O) groups excluding carboxylic acids is 1. The van der Waals surface area contributed by atoms with Crippen LogP contribution >= 0.6 is 24.8 Å². The zero-order valence-electron chi connectivity index (χ0n) is 15.2. The maximum Gasteiger partial charge on any atom is 0.227 e. The van der Waals surface area contributed by atoms with E-state index in [4.69, 9.17) is 19.9 Å². The van der Waals surface area contributed by atoms with Gasteiger partial charge in [-0.1, -0.05) is 6.07 Å². The first kappa shape index (κ1) is 24.9. The summed E-state index contributed by atoms with van der Waals surface area (Å²) < 4.78 is 16.2. The van der Waals surface area contributed by atoms with Gasteiger partial charge < -0.3 is 25.3 Å². The number of pyridine rings is 1. The predicted octanol–water partition coefficient (Wildman–Crippen LogP) is 2.82. The van der Waals surface area contributed by atoms with Crippen LogP contribution in [0.15, 0.2) is 42.7 Å². The van der Waals surface area contributed by atoms with Gasteiger partial charge in [0.05, 0.1) is 19.6 Å². The lowest BCUT2D eigenvalue weighted by atomic mass is 10.2. The molecule has 9 heteroatoms. The first-order valence-corrected chi connectivity index (χ1v) is 7.88. The quantitative estimate of drug-likeness (QED) is 0.650. The van der Waals surface area contributed by atoms with Crippen molar-refractivity contribution in [2.45, 2.75) is 19.1 Å². The van der Waals surface area contributed by atoms with Crippen molar-refractivity contribution in [3.05, 3.63) is 48.3 Å². The Morgan fingerprint density at radius 3 is 2.59 bits per heavy atom. The Bertz CT molecular complexity index is 686. The van der Waals surface area contributed by atoms with Crippen LogP contribution in [0.2, 0.25) is 0 Å². The molecule has 1 atom stereocenters. The molecule has 1 aromatic carbocycles. The number of anilines is 1. The summed E-state index contributed by atoms with van der Waals surface area (Å²) in [4.78, 5) is 16.1. The molecule has 0 aliphatic carbocycles.